The van der Waals surface area contributed by atoms with E-state index < -0.39 is 9.84 Å². The van der Waals surface area contributed by atoms with E-state index in [1.165, 1.54) is 16.8 Å². The molecule has 1 amide bonds. The van der Waals surface area contributed by atoms with Crippen LogP contribution in [-0.2, 0) is 28.1 Å². The standard InChI is InChI=1S/C19H19N3O4S/c1-3-27(25,26)14-10-8-13(9-11-14)20-18(23)12-17-15-6-4-5-7-16(15)19(24)22(2)21-17/h4-11H,3,12H2,1-2H3,(H,20,23). The highest BCUT2D eigenvalue weighted by Gasteiger charge is 2.14. The van der Waals surface area contributed by atoms with Crippen LogP contribution in [0.2, 0.25) is 0 Å². The predicted molar refractivity (Wildman–Crippen MR) is 103 cm³/mol. The number of nitrogens with zero attached hydrogens (tertiary/aromatic N) is 2. The number of hydrogen-bond donors (Lipinski definition) is 1. The van der Waals surface area contributed by atoms with Gasteiger partial charge in [0.25, 0.3) is 5.56 Å². The van der Waals surface area contributed by atoms with Crippen LogP contribution >= 0.6 is 0 Å². The van der Waals surface area contributed by atoms with Crippen LogP contribution in [0.4, 0.5) is 5.69 Å². The molecule has 7 nitrogen and oxygen atoms in total. The average molecular weight is 385 g/mol. The number of rotatable bonds is 5. The molecule has 8 heteroatoms. The number of hydrogen-bond acceptors (Lipinski definition) is 5. The molecule has 0 atom stereocenters. The predicted octanol–water partition coefficient (Wildman–Crippen LogP) is 1.91. The van der Waals surface area contributed by atoms with Gasteiger partial charge in [0, 0.05) is 18.1 Å². The minimum atomic E-state index is -3.28. The molecule has 3 rings (SSSR count). The summed E-state index contributed by atoms with van der Waals surface area (Å²) < 4.78 is 24.9. The Kier molecular flexibility index (Phi) is 5.09. The first-order valence-corrected chi connectivity index (χ1v) is 10.0. The number of benzene rings is 2. The second kappa shape index (κ2) is 7.32. The molecule has 3 aromatic rings. The normalized spacial score (nSPS) is 11.5. The molecule has 1 heterocycles. The Bertz CT molecular complexity index is 1170. The van der Waals surface area contributed by atoms with Crippen LogP contribution in [0.15, 0.2) is 58.2 Å². The molecule has 0 aliphatic heterocycles. The first kappa shape index (κ1) is 18.8. The summed E-state index contributed by atoms with van der Waals surface area (Å²) in [4.78, 5) is 24.8. The summed E-state index contributed by atoms with van der Waals surface area (Å²) in [7, 11) is -1.74. The van der Waals surface area contributed by atoms with Crippen molar-refractivity contribution >= 4 is 32.2 Å². The first-order chi connectivity index (χ1) is 12.8. The number of aromatic nitrogens is 2. The van der Waals surface area contributed by atoms with Gasteiger partial charge in [0.15, 0.2) is 9.84 Å². The van der Waals surface area contributed by atoms with Crippen molar-refractivity contribution in [1.82, 2.24) is 9.78 Å². The molecule has 0 aliphatic rings. The van der Waals surface area contributed by atoms with Crippen molar-refractivity contribution in [2.24, 2.45) is 7.05 Å². The number of aryl methyl sites for hydroxylation is 1. The summed E-state index contributed by atoms with van der Waals surface area (Å²) in [5.74, 6) is -0.290. The van der Waals surface area contributed by atoms with E-state index in [-0.39, 0.29) is 28.5 Å². The van der Waals surface area contributed by atoms with Gasteiger partial charge >= 0.3 is 0 Å². The van der Waals surface area contributed by atoms with E-state index in [1.807, 2.05) is 0 Å². The van der Waals surface area contributed by atoms with E-state index >= 15 is 0 Å². The maximum Gasteiger partial charge on any atom is 0.274 e. The van der Waals surface area contributed by atoms with Crippen molar-refractivity contribution in [2.75, 3.05) is 11.1 Å². The zero-order valence-electron chi connectivity index (χ0n) is 15.0. The summed E-state index contributed by atoms with van der Waals surface area (Å²) in [6, 6.07) is 13.0. The molecule has 2 aromatic carbocycles. The largest absolute Gasteiger partial charge is 0.326 e. The number of fused-ring (bicyclic) bond motifs is 1. The molecule has 27 heavy (non-hydrogen) atoms. The Morgan fingerprint density at radius 2 is 1.70 bits per heavy atom. The summed E-state index contributed by atoms with van der Waals surface area (Å²) >= 11 is 0. The quantitative estimate of drug-likeness (QED) is 0.723. The van der Waals surface area contributed by atoms with Gasteiger partial charge in [0.1, 0.15) is 0 Å². The molecule has 1 aromatic heterocycles. The number of anilines is 1. The molecule has 0 bridgehead atoms. The summed E-state index contributed by atoms with van der Waals surface area (Å²) in [5, 5.41) is 8.07. The lowest BCUT2D eigenvalue weighted by Crippen LogP contribution is -2.24. The lowest BCUT2D eigenvalue weighted by atomic mass is 10.1. The zero-order chi connectivity index (χ0) is 19.6. The Hall–Kier alpha value is -3.00. The van der Waals surface area contributed by atoms with Crippen molar-refractivity contribution in [1.29, 1.82) is 0 Å². The summed E-state index contributed by atoms with van der Waals surface area (Å²) in [5.41, 5.74) is 0.766. The van der Waals surface area contributed by atoms with Gasteiger partial charge < -0.3 is 5.32 Å². The van der Waals surface area contributed by atoms with Crippen molar-refractivity contribution in [2.45, 2.75) is 18.2 Å². The van der Waals surface area contributed by atoms with E-state index in [1.54, 1.807) is 50.4 Å². The van der Waals surface area contributed by atoms with Crippen LogP contribution in [0, 0.1) is 0 Å². The van der Waals surface area contributed by atoms with Crippen molar-refractivity contribution in [3.63, 3.8) is 0 Å². The Balaban J connectivity index is 1.82. The van der Waals surface area contributed by atoms with Crippen LogP contribution in [0.25, 0.3) is 10.8 Å². The van der Waals surface area contributed by atoms with Crippen LogP contribution in [0.1, 0.15) is 12.6 Å². The van der Waals surface area contributed by atoms with Gasteiger partial charge in [0.05, 0.1) is 28.1 Å². The SMILES string of the molecule is CCS(=O)(=O)c1ccc(NC(=O)Cc2nn(C)c(=O)c3ccccc23)cc1. The number of carbonyl (C=O) groups is 1. The minimum Gasteiger partial charge on any atom is -0.326 e. The molecule has 0 saturated heterocycles. The van der Waals surface area contributed by atoms with E-state index in [0.29, 0.717) is 22.2 Å². The fourth-order valence-electron chi connectivity index (χ4n) is 2.78. The van der Waals surface area contributed by atoms with Crippen LogP contribution in [-0.4, -0.2) is 29.9 Å². The van der Waals surface area contributed by atoms with Crippen molar-refractivity contribution in [3.8, 4) is 0 Å². The molecule has 0 fully saturated rings. The molecular weight excluding hydrogens is 366 g/mol. The molecule has 0 saturated carbocycles. The first-order valence-electron chi connectivity index (χ1n) is 8.39. The number of sulfone groups is 1. The molecule has 0 spiro atoms. The van der Waals surface area contributed by atoms with Crippen LogP contribution < -0.4 is 10.9 Å². The molecule has 140 valence electrons. The summed E-state index contributed by atoms with van der Waals surface area (Å²) in [6.45, 7) is 1.58. The monoisotopic (exact) mass is 385 g/mol. The lowest BCUT2D eigenvalue weighted by Gasteiger charge is -2.09. The fourth-order valence-corrected chi connectivity index (χ4v) is 3.66. The van der Waals surface area contributed by atoms with Gasteiger partial charge in [-0.25, -0.2) is 13.1 Å². The van der Waals surface area contributed by atoms with Gasteiger partial charge in [-0.3, -0.25) is 9.59 Å². The summed E-state index contributed by atoms with van der Waals surface area (Å²) in [6.07, 6.45) is -0.0103. The molecule has 0 aliphatic carbocycles. The highest BCUT2D eigenvalue weighted by Crippen LogP contribution is 2.17. The second-order valence-corrected chi connectivity index (χ2v) is 8.35. The molecular formula is C19H19N3O4S. The fraction of sp³-hybridized carbons (Fsp3) is 0.211. The van der Waals surface area contributed by atoms with E-state index in [0.717, 1.165) is 0 Å². The Morgan fingerprint density at radius 1 is 1.07 bits per heavy atom. The minimum absolute atomic E-state index is 0.0103. The third-order valence-electron chi connectivity index (χ3n) is 4.24. The smallest absolute Gasteiger partial charge is 0.274 e. The molecule has 0 unspecified atom stereocenters. The average Bonchev–Trinajstić information content (AvgIpc) is 2.66. The topological polar surface area (TPSA) is 98.1 Å². The van der Waals surface area contributed by atoms with E-state index in [4.69, 9.17) is 0 Å². The van der Waals surface area contributed by atoms with E-state index in [9.17, 15) is 18.0 Å². The third kappa shape index (κ3) is 3.90. The van der Waals surface area contributed by atoms with Crippen molar-refractivity contribution < 1.29 is 13.2 Å². The maximum atomic E-state index is 12.4. The number of carbonyl (C=O) groups excluding carboxylic acids is 1. The third-order valence-corrected chi connectivity index (χ3v) is 5.99. The Morgan fingerprint density at radius 3 is 2.33 bits per heavy atom. The van der Waals surface area contributed by atoms with Gasteiger partial charge in [-0.2, -0.15) is 5.10 Å². The van der Waals surface area contributed by atoms with Gasteiger partial charge in [-0.1, -0.05) is 25.1 Å². The zero-order valence-corrected chi connectivity index (χ0v) is 15.8. The lowest BCUT2D eigenvalue weighted by molar-refractivity contribution is -0.115. The van der Waals surface area contributed by atoms with Gasteiger partial charge in [-0.05, 0) is 30.3 Å². The van der Waals surface area contributed by atoms with Crippen LogP contribution in [0.5, 0.6) is 0 Å². The highest BCUT2D eigenvalue weighted by atomic mass is 32.2. The molecule has 1 N–H and O–H groups in total. The maximum absolute atomic E-state index is 12.4. The van der Waals surface area contributed by atoms with Crippen molar-refractivity contribution in [3.05, 3.63) is 64.6 Å². The highest BCUT2D eigenvalue weighted by molar-refractivity contribution is 7.91. The van der Waals surface area contributed by atoms with Gasteiger partial charge in [-0.15, -0.1) is 0 Å². The van der Waals surface area contributed by atoms with Crippen LogP contribution in [0.3, 0.4) is 0 Å². The number of amides is 1. The Labute approximate surface area is 156 Å². The second-order valence-electron chi connectivity index (χ2n) is 6.07. The van der Waals surface area contributed by atoms with Gasteiger partial charge in [0.2, 0.25) is 5.91 Å². The number of nitrogens with one attached hydrogen (secondary N) is 1. The molecule has 0 radical (unpaired) electrons. The van der Waals surface area contributed by atoms with E-state index in [2.05, 4.69) is 10.4 Å².